The van der Waals surface area contributed by atoms with Gasteiger partial charge in [0, 0.05) is 26.1 Å². The number of nitriles is 1. The van der Waals surface area contributed by atoms with Gasteiger partial charge in [-0.1, -0.05) is 6.92 Å². The van der Waals surface area contributed by atoms with Crippen LogP contribution in [0.25, 0.3) is 0 Å². The second-order valence-corrected chi connectivity index (χ2v) is 3.64. The minimum atomic E-state index is 0.667. The highest BCUT2D eigenvalue weighted by Gasteiger charge is 2.15. The summed E-state index contributed by atoms with van der Waals surface area (Å²) < 4.78 is 0. The average molecular weight is 181 g/mol. The molecule has 0 aliphatic carbocycles. The van der Waals surface area contributed by atoms with Gasteiger partial charge in [-0.25, -0.2) is 0 Å². The molecule has 0 bridgehead atoms. The zero-order valence-corrected chi connectivity index (χ0v) is 8.50. The molecule has 74 valence electrons. The Morgan fingerprint density at radius 2 is 1.92 bits per heavy atom. The van der Waals surface area contributed by atoms with Crippen molar-refractivity contribution in [1.82, 2.24) is 9.80 Å². The topological polar surface area (TPSA) is 30.3 Å². The minimum Gasteiger partial charge on any atom is -0.290 e. The fraction of sp³-hybridized carbons (Fsp3) is 0.900. The Hall–Kier alpha value is -0.590. The molecule has 0 saturated carbocycles. The third kappa shape index (κ3) is 3.75. The molecule has 1 fully saturated rings. The summed E-state index contributed by atoms with van der Waals surface area (Å²) in [7, 11) is 0. The van der Waals surface area contributed by atoms with Crippen LogP contribution in [-0.2, 0) is 0 Å². The van der Waals surface area contributed by atoms with Crippen LogP contribution in [0.4, 0.5) is 0 Å². The van der Waals surface area contributed by atoms with Crippen molar-refractivity contribution in [1.29, 1.82) is 5.26 Å². The summed E-state index contributed by atoms with van der Waals surface area (Å²) in [5.74, 6) is 0. The molecule has 3 nitrogen and oxygen atoms in total. The normalized spacial score (nSPS) is 20.0. The summed E-state index contributed by atoms with van der Waals surface area (Å²) in [6, 6.07) is 2.20. The first-order valence-corrected chi connectivity index (χ1v) is 5.18. The highest BCUT2D eigenvalue weighted by Crippen LogP contribution is 2.06. The average Bonchev–Trinajstić information content (AvgIpc) is 2.16. The van der Waals surface area contributed by atoms with E-state index in [0.29, 0.717) is 6.42 Å². The Balaban J connectivity index is 2.21. The molecule has 13 heavy (non-hydrogen) atoms. The van der Waals surface area contributed by atoms with Crippen molar-refractivity contribution in [3.63, 3.8) is 0 Å². The van der Waals surface area contributed by atoms with Crippen LogP contribution in [0.3, 0.4) is 0 Å². The molecule has 1 saturated heterocycles. The summed E-state index contributed by atoms with van der Waals surface area (Å²) in [6.45, 7) is 7.82. The van der Waals surface area contributed by atoms with Gasteiger partial charge in [-0.2, -0.15) is 5.26 Å². The van der Waals surface area contributed by atoms with E-state index in [9.17, 15) is 0 Å². The van der Waals surface area contributed by atoms with E-state index in [1.54, 1.807) is 0 Å². The highest BCUT2D eigenvalue weighted by molar-refractivity contribution is 4.75. The molecule has 0 aromatic rings. The van der Waals surface area contributed by atoms with E-state index < -0.39 is 0 Å². The lowest BCUT2D eigenvalue weighted by Gasteiger charge is -2.34. The van der Waals surface area contributed by atoms with Crippen molar-refractivity contribution in [2.45, 2.75) is 26.2 Å². The van der Waals surface area contributed by atoms with Gasteiger partial charge in [-0.3, -0.25) is 9.80 Å². The van der Waals surface area contributed by atoms with Crippen LogP contribution in [-0.4, -0.2) is 42.6 Å². The highest BCUT2D eigenvalue weighted by atomic mass is 15.3. The van der Waals surface area contributed by atoms with Gasteiger partial charge in [0.15, 0.2) is 0 Å². The monoisotopic (exact) mass is 181 g/mol. The van der Waals surface area contributed by atoms with Crippen LogP contribution in [0.2, 0.25) is 0 Å². The predicted molar refractivity (Wildman–Crippen MR) is 53.2 cm³/mol. The molecule has 0 unspecified atom stereocenters. The van der Waals surface area contributed by atoms with Crippen LogP contribution in [0.1, 0.15) is 26.2 Å². The van der Waals surface area contributed by atoms with Gasteiger partial charge in [0.2, 0.25) is 0 Å². The van der Waals surface area contributed by atoms with Gasteiger partial charge in [0.05, 0.1) is 12.7 Å². The van der Waals surface area contributed by atoms with Crippen molar-refractivity contribution in [2.75, 3.05) is 32.8 Å². The third-order valence-corrected chi connectivity index (χ3v) is 2.43. The van der Waals surface area contributed by atoms with Gasteiger partial charge in [0.25, 0.3) is 0 Å². The molecule has 1 aliphatic rings. The second kappa shape index (κ2) is 5.95. The lowest BCUT2D eigenvalue weighted by atomic mass is 10.2. The largest absolute Gasteiger partial charge is 0.290 e. The van der Waals surface area contributed by atoms with Crippen LogP contribution < -0.4 is 0 Å². The van der Waals surface area contributed by atoms with Crippen molar-refractivity contribution in [3.05, 3.63) is 0 Å². The summed E-state index contributed by atoms with van der Waals surface area (Å²) >= 11 is 0. The quantitative estimate of drug-likeness (QED) is 0.654. The zero-order chi connectivity index (χ0) is 9.52. The molecule has 0 spiro atoms. The molecular weight excluding hydrogens is 162 g/mol. The van der Waals surface area contributed by atoms with E-state index in [2.05, 4.69) is 22.8 Å². The maximum Gasteiger partial charge on any atom is 0.0635 e. The summed E-state index contributed by atoms with van der Waals surface area (Å²) in [6.07, 6.45) is 3.15. The first kappa shape index (κ1) is 10.5. The molecule has 0 aromatic carbocycles. The lowest BCUT2D eigenvalue weighted by molar-refractivity contribution is 0.0879. The summed E-state index contributed by atoms with van der Waals surface area (Å²) in [5.41, 5.74) is 0. The van der Waals surface area contributed by atoms with E-state index in [1.165, 1.54) is 32.5 Å². The maximum absolute atomic E-state index is 8.48. The van der Waals surface area contributed by atoms with Gasteiger partial charge >= 0.3 is 0 Å². The van der Waals surface area contributed by atoms with Gasteiger partial charge in [0.1, 0.15) is 0 Å². The van der Waals surface area contributed by atoms with Gasteiger partial charge < -0.3 is 0 Å². The molecule has 0 radical (unpaired) electrons. The molecule has 0 amide bonds. The van der Waals surface area contributed by atoms with E-state index >= 15 is 0 Å². The number of hydrogen-bond donors (Lipinski definition) is 0. The van der Waals surface area contributed by atoms with Crippen molar-refractivity contribution >= 4 is 0 Å². The SMILES string of the molecule is CCCN1CCCN(CCC#N)C1. The molecule has 0 aromatic heterocycles. The summed E-state index contributed by atoms with van der Waals surface area (Å²) in [4.78, 5) is 4.85. The molecule has 1 rings (SSSR count). The lowest BCUT2D eigenvalue weighted by Crippen LogP contribution is -2.45. The standard InChI is InChI=1S/C10H19N3/c1-2-6-12-8-4-9-13(10-12)7-3-5-11/h2-4,6-10H2,1H3. The molecule has 1 aliphatic heterocycles. The van der Waals surface area contributed by atoms with Crippen LogP contribution in [0.15, 0.2) is 0 Å². The van der Waals surface area contributed by atoms with Gasteiger partial charge in [-0.15, -0.1) is 0 Å². The fourth-order valence-electron chi connectivity index (χ4n) is 1.83. The van der Waals surface area contributed by atoms with Gasteiger partial charge in [-0.05, 0) is 19.4 Å². The van der Waals surface area contributed by atoms with Crippen molar-refractivity contribution in [2.24, 2.45) is 0 Å². The Kier molecular flexibility index (Phi) is 4.81. The Labute approximate surface area is 80.9 Å². The Bertz CT molecular complexity index is 171. The van der Waals surface area contributed by atoms with Crippen molar-refractivity contribution < 1.29 is 0 Å². The number of rotatable bonds is 4. The molecule has 1 heterocycles. The smallest absolute Gasteiger partial charge is 0.0635 e. The number of nitrogens with zero attached hydrogens (tertiary/aromatic N) is 3. The maximum atomic E-state index is 8.48. The van der Waals surface area contributed by atoms with E-state index in [1.807, 2.05) is 0 Å². The molecule has 3 heteroatoms. The second-order valence-electron chi connectivity index (χ2n) is 3.64. The van der Waals surface area contributed by atoms with E-state index in [-0.39, 0.29) is 0 Å². The third-order valence-electron chi connectivity index (χ3n) is 2.43. The van der Waals surface area contributed by atoms with Crippen LogP contribution >= 0.6 is 0 Å². The Morgan fingerprint density at radius 3 is 2.54 bits per heavy atom. The molecule has 0 atom stereocenters. The minimum absolute atomic E-state index is 0.667. The van der Waals surface area contributed by atoms with Crippen molar-refractivity contribution in [3.8, 4) is 6.07 Å². The van der Waals surface area contributed by atoms with E-state index in [0.717, 1.165) is 13.2 Å². The first-order chi connectivity index (χ1) is 6.36. The number of hydrogen-bond acceptors (Lipinski definition) is 3. The Morgan fingerprint density at radius 1 is 1.23 bits per heavy atom. The summed E-state index contributed by atoms with van der Waals surface area (Å²) in [5, 5.41) is 8.48. The van der Waals surface area contributed by atoms with Crippen LogP contribution in [0, 0.1) is 11.3 Å². The fourth-order valence-corrected chi connectivity index (χ4v) is 1.83. The van der Waals surface area contributed by atoms with Crippen LogP contribution in [0.5, 0.6) is 0 Å². The zero-order valence-electron chi connectivity index (χ0n) is 8.50. The predicted octanol–water partition coefficient (Wildman–Crippen LogP) is 1.28. The molecular formula is C10H19N3. The first-order valence-electron chi connectivity index (χ1n) is 5.18. The van der Waals surface area contributed by atoms with E-state index in [4.69, 9.17) is 5.26 Å². The molecule has 0 N–H and O–H groups in total.